The molecule has 0 aliphatic rings. The van der Waals surface area contributed by atoms with Gasteiger partial charge in [0.05, 0.1) is 18.8 Å². The van der Waals surface area contributed by atoms with E-state index in [0.29, 0.717) is 24.7 Å². The molecule has 1 N–H and O–H groups in total. The van der Waals surface area contributed by atoms with Crippen molar-refractivity contribution in [2.24, 2.45) is 0 Å². The van der Waals surface area contributed by atoms with Gasteiger partial charge in [-0.05, 0) is 64.2 Å². The van der Waals surface area contributed by atoms with Crippen molar-refractivity contribution in [2.45, 2.75) is 26.4 Å². The molecule has 0 saturated heterocycles. The third-order valence-corrected chi connectivity index (χ3v) is 4.32. The lowest BCUT2D eigenvalue weighted by molar-refractivity contribution is -0.138. The van der Waals surface area contributed by atoms with Crippen molar-refractivity contribution in [3.63, 3.8) is 0 Å². The van der Waals surface area contributed by atoms with Crippen LogP contribution in [0, 0.1) is 6.92 Å². The maximum atomic E-state index is 13.2. The van der Waals surface area contributed by atoms with Crippen molar-refractivity contribution in [3.8, 4) is 11.5 Å². The fraction of sp³-hybridized carbons (Fsp3) is 0.409. The quantitative estimate of drug-likeness (QED) is 0.576. The summed E-state index contributed by atoms with van der Waals surface area (Å²) in [5.74, 6) is 0.0299. The van der Waals surface area contributed by atoms with Gasteiger partial charge in [-0.1, -0.05) is 12.1 Å². The lowest BCUT2D eigenvalue weighted by Gasteiger charge is -2.17. The summed E-state index contributed by atoms with van der Waals surface area (Å²) < 4.78 is 50.9. The fourth-order valence-electron chi connectivity index (χ4n) is 2.89. The molecule has 2 aromatic rings. The molecule has 0 atom stereocenters. The number of carbonyl (C=O) groups is 1. The number of anilines is 1. The number of aryl methyl sites for hydroxylation is 1. The zero-order chi connectivity index (χ0) is 22.3. The molecule has 0 heterocycles. The van der Waals surface area contributed by atoms with Gasteiger partial charge in [0, 0.05) is 12.2 Å². The third-order valence-electron chi connectivity index (χ3n) is 4.32. The first-order valence-corrected chi connectivity index (χ1v) is 9.66. The zero-order valence-corrected chi connectivity index (χ0v) is 17.6. The summed E-state index contributed by atoms with van der Waals surface area (Å²) in [6.07, 6.45) is -3.76. The van der Waals surface area contributed by atoms with E-state index in [4.69, 9.17) is 9.47 Å². The number of carbonyl (C=O) groups excluding carboxylic acids is 1. The summed E-state index contributed by atoms with van der Waals surface area (Å²) in [5.41, 5.74) is -0.514. The molecule has 5 nitrogen and oxygen atoms in total. The van der Waals surface area contributed by atoms with Crippen LogP contribution < -0.4 is 14.8 Å². The van der Waals surface area contributed by atoms with Crippen LogP contribution in [0.25, 0.3) is 0 Å². The summed E-state index contributed by atoms with van der Waals surface area (Å²) in [5, 5.41) is 2.54. The van der Waals surface area contributed by atoms with Gasteiger partial charge in [-0.15, -0.1) is 0 Å². The van der Waals surface area contributed by atoms with Gasteiger partial charge in [-0.3, -0.25) is 4.79 Å². The molecule has 0 radical (unpaired) electrons. The van der Waals surface area contributed by atoms with Gasteiger partial charge in [0.15, 0.2) is 0 Å². The molecule has 0 spiro atoms. The minimum absolute atomic E-state index is 0.0442. The number of benzene rings is 2. The molecule has 8 heteroatoms. The van der Waals surface area contributed by atoms with Crippen LogP contribution in [0.2, 0.25) is 0 Å². The van der Waals surface area contributed by atoms with Crippen molar-refractivity contribution < 1.29 is 27.4 Å². The lowest BCUT2D eigenvalue weighted by atomic mass is 10.1. The molecule has 0 aromatic heterocycles. The molecule has 0 saturated carbocycles. The molecule has 30 heavy (non-hydrogen) atoms. The van der Waals surface area contributed by atoms with Crippen LogP contribution >= 0.6 is 0 Å². The largest absolute Gasteiger partial charge is 0.493 e. The minimum Gasteiger partial charge on any atom is -0.493 e. The van der Waals surface area contributed by atoms with E-state index in [1.54, 1.807) is 25.1 Å². The van der Waals surface area contributed by atoms with E-state index in [0.717, 1.165) is 19.0 Å². The summed E-state index contributed by atoms with van der Waals surface area (Å²) in [6.45, 7) is 4.68. The van der Waals surface area contributed by atoms with Crippen molar-refractivity contribution in [1.82, 2.24) is 4.90 Å². The maximum Gasteiger partial charge on any atom is 0.416 e. The maximum absolute atomic E-state index is 13.2. The summed E-state index contributed by atoms with van der Waals surface area (Å²) in [6, 6.07) is 8.66. The Kier molecular flexibility index (Phi) is 8.11. The molecule has 0 aliphatic carbocycles. The molecule has 0 aliphatic heterocycles. The lowest BCUT2D eigenvalue weighted by Crippen LogP contribution is -2.18. The highest BCUT2D eigenvalue weighted by molar-refractivity contribution is 6.08. The Labute approximate surface area is 174 Å². The van der Waals surface area contributed by atoms with Gasteiger partial charge >= 0.3 is 6.18 Å². The van der Waals surface area contributed by atoms with Crippen LogP contribution in [-0.2, 0) is 6.18 Å². The number of nitrogens with one attached hydrogen (secondary N) is 1. The smallest absolute Gasteiger partial charge is 0.416 e. The minimum atomic E-state index is -4.51. The van der Waals surface area contributed by atoms with Gasteiger partial charge in [0.1, 0.15) is 17.1 Å². The van der Waals surface area contributed by atoms with Crippen LogP contribution in [-0.4, -0.2) is 44.7 Å². The number of halogens is 3. The van der Waals surface area contributed by atoms with Gasteiger partial charge in [0.25, 0.3) is 5.91 Å². The van der Waals surface area contributed by atoms with Crippen LogP contribution in [0.3, 0.4) is 0 Å². The Morgan fingerprint density at radius 2 is 1.77 bits per heavy atom. The molecule has 2 rings (SSSR count). The van der Waals surface area contributed by atoms with Crippen LogP contribution in [0.4, 0.5) is 18.9 Å². The number of rotatable bonds is 9. The Balaban J connectivity index is 2.29. The number of hydrogen-bond acceptors (Lipinski definition) is 4. The molecular formula is C22H27F3N2O3. The highest BCUT2D eigenvalue weighted by Gasteiger charge is 2.32. The molecule has 0 bridgehead atoms. The molecular weight excluding hydrogens is 397 g/mol. The second-order valence-electron chi connectivity index (χ2n) is 7.05. The first-order chi connectivity index (χ1) is 14.1. The Bertz CT molecular complexity index is 867. The van der Waals surface area contributed by atoms with Crippen molar-refractivity contribution in [2.75, 3.05) is 39.2 Å². The molecule has 1 amide bonds. The highest BCUT2D eigenvalue weighted by Crippen LogP contribution is 2.34. The molecule has 2 aromatic carbocycles. The fourth-order valence-corrected chi connectivity index (χ4v) is 2.89. The predicted molar refractivity (Wildman–Crippen MR) is 110 cm³/mol. The number of hydrogen-bond donors (Lipinski definition) is 1. The van der Waals surface area contributed by atoms with Gasteiger partial charge in [-0.2, -0.15) is 13.2 Å². The van der Waals surface area contributed by atoms with E-state index in [1.807, 2.05) is 19.0 Å². The van der Waals surface area contributed by atoms with Crippen molar-refractivity contribution >= 4 is 11.6 Å². The molecule has 0 unspecified atom stereocenters. The summed E-state index contributed by atoms with van der Waals surface area (Å²) in [4.78, 5) is 15.0. The first-order valence-electron chi connectivity index (χ1n) is 9.66. The normalized spacial score (nSPS) is 11.5. The molecule has 0 fully saturated rings. The Morgan fingerprint density at radius 1 is 1.10 bits per heavy atom. The van der Waals surface area contributed by atoms with Crippen LogP contribution in [0.5, 0.6) is 11.5 Å². The Hall–Kier alpha value is -2.74. The number of amides is 1. The monoisotopic (exact) mass is 424 g/mol. The van der Waals surface area contributed by atoms with E-state index in [-0.39, 0.29) is 16.8 Å². The Morgan fingerprint density at radius 3 is 2.37 bits per heavy atom. The summed E-state index contributed by atoms with van der Waals surface area (Å²) in [7, 11) is 3.90. The molecule has 164 valence electrons. The topological polar surface area (TPSA) is 50.8 Å². The number of nitrogens with zero attached hydrogens (tertiary/aromatic N) is 1. The number of ether oxygens (including phenoxy) is 2. The van der Waals surface area contributed by atoms with Gasteiger partial charge in [0.2, 0.25) is 0 Å². The highest BCUT2D eigenvalue weighted by atomic mass is 19.4. The average molecular weight is 424 g/mol. The van der Waals surface area contributed by atoms with Crippen molar-refractivity contribution in [1.29, 1.82) is 0 Å². The third kappa shape index (κ3) is 6.38. The average Bonchev–Trinajstić information content (AvgIpc) is 2.66. The number of alkyl halides is 3. The second-order valence-corrected chi connectivity index (χ2v) is 7.05. The van der Waals surface area contributed by atoms with E-state index < -0.39 is 17.6 Å². The van der Waals surface area contributed by atoms with Crippen LogP contribution in [0.1, 0.15) is 34.8 Å². The van der Waals surface area contributed by atoms with E-state index >= 15 is 0 Å². The van der Waals surface area contributed by atoms with Crippen LogP contribution in [0.15, 0.2) is 36.4 Å². The SMILES string of the molecule is CCOc1cccc(OCCCN(C)C)c1C(=O)Nc1ccc(C)c(C(F)(F)F)c1. The summed E-state index contributed by atoms with van der Waals surface area (Å²) >= 11 is 0. The zero-order valence-electron chi connectivity index (χ0n) is 17.6. The van der Waals surface area contributed by atoms with E-state index in [9.17, 15) is 18.0 Å². The standard InChI is InChI=1S/C22H27F3N2O3/c1-5-29-18-8-6-9-19(30-13-7-12-27(3)4)20(18)21(28)26-16-11-10-15(2)17(14-16)22(23,24)25/h6,8-11,14H,5,7,12-13H2,1-4H3,(H,26,28). The second kappa shape index (κ2) is 10.3. The van der Waals surface area contributed by atoms with Gasteiger partial charge in [-0.25, -0.2) is 0 Å². The van der Waals surface area contributed by atoms with Crippen molar-refractivity contribution in [3.05, 3.63) is 53.1 Å². The van der Waals surface area contributed by atoms with E-state index in [1.165, 1.54) is 19.1 Å². The predicted octanol–water partition coefficient (Wildman–Crippen LogP) is 5.00. The van der Waals surface area contributed by atoms with Gasteiger partial charge < -0.3 is 19.7 Å². The first kappa shape index (κ1) is 23.5. The van der Waals surface area contributed by atoms with E-state index in [2.05, 4.69) is 5.32 Å².